The van der Waals surface area contributed by atoms with Crippen LogP contribution in [0.1, 0.15) is 19.4 Å². The maximum Gasteiger partial charge on any atom is 0.435 e. The zero-order chi connectivity index (χ0) is 21.3. The van der Waals surface area contributed by atoms with Gasteiger partial charge in [0.1, 0.15) is 5.75 Å². The van der Waals surface area contributed by atoms with E-state index in [9.17, 15) is 18.0 Å². The van der Waals surface area contributed by atoms with Crippen LogP contribution in [-0.2, 0) is 4.79 Å². The Morgan fingerprint density at radius 1 is 1.10 bits per heavy atom. The SMILES string of the molecule is CC(C)Oc1c(I)cc(/C=C2\C(=O)N(c3ccccc3)N=C2C(F)(F)F)cc1I. The molecule has 0 N–H and O–H groups in total. The first-order valence-corrected chi connectivity index (χ1v) is 10.7. The monoisotopic (exact) mass is 626 g/mol. The second-order valence-electron chi connectivity index (χ2n) is 6.44. The lowest BCUT2D eigenvalue weighted by Gasteiger charge is -2.14. The number of para-hydroxylation sites is 1. The fourth-order valence-corrected chi connectivity index (χ4v) is 4.75. The largest absolute Gasteiger partial charge is 0.489 e. The number of carbonyl (C=O) groups is 1. The first-order chi connectivity index (χ1) is 13.6. The van der Waals surface area contributed by atoms with Gasteiger partial charge in [0.2, 0.25) is 0 Å². The number of ether oxygens (including phenoxy) is 1. The van der Waals surface area contributed by atoms with Crippen molar-refractivity contribution < 1.29 is 22.7 Å². The minimum absolute atomic E-state index is 0.0407. The van der Waals surface area contributed by atoms with E-state index in [-0.39, 0.29) is 11.8 Å². The number of hydrazone groups is 1. The van der Waals surface area contributed by atoms with Gasteiger partial charge in [-0.3, -0.25) is 4.79 Å². The molecule has 0 bridgehead atoms. The summed E-state index contributed by atoms with van der Waals surface area (Å²) >= 11 is 4.13. The molecule has 1 aliphatic heterocycles. The van der Waals surface area contributed by atoms with Crippen molar-refractivity contribution in [2.75, 3.05) is 5.01 Å². The fourth-order valence-electron chi connectivity index (χ4n) is 2.68. The first kappa shape index (κ1) is 22.1. The normalized spacial score (nSPS) is 16.0. The van der Waals surface area contributed by atoms with Gasteiger partial charge in [-0.05, 0) is 94.9 Å². The summed E-state index contributed by atoms with van der Waals surface area (Å²) in [6, 6.07) is 11.4. The minimum Gasteiger partial charge on any atom is -0.489 e. The molecule has 0 radical (unpaired) electrons. The molecular weight excluding hydrogens is 611 g/mol. The van der Waals surface area contributed by atoms with E-state index >= 15 is 0 Å². The molecule has 1 aliphatic rings. The van der Waals surface area contributed by atoms with Crippen molar-refractivity contribution in [3.63, 3.8) is 0 Å². The average molecular weight is 626 g/mol. The third-order valence-corrected chi connectivity index (χ3v) is 5.43. The van der Waals surface area contributed by atoms with E-state index in [0.717, 1.165) is 12.1 Å². The number of hydrogen-bond donors (Lipinski definition) is 0. The van der Waals surface area contributed by atoms with Crippen molar-refractivity contribution in [1.29, 1.82) is 0 Å². The minimum atomic E-state index is -4.76. The molecule has 2 aromatic carbocycles. The van der Waals surface area contributed by atoms with Crippen LogP contribution < -0.4 is 9.75 Å². The lowest BCUT2D eigenvalue weighted by Crippen LogP contribution is -2.25. The van der Waals surface area contributed by atoms with Gasteiger partial charge in [-0.2, -0.15) is 23.3 Å². The summed E-state index contributed by atoms with van der Waals surface area (Å²) in [5, 5.41) is 4.35. The molecule has 4 nitrogen and oxygen atoms in total. The molecule has 2 aromatic rings. The number of halogens is 5. The Morgan fingerprint density at radius 3 is 2.21 bits per heavy atom. The van der Waals surface area contributed by atoms with E-state index in [1.54, 1.807) is 30.3 Å². The average Bonchev–Trinajstić information content (AvgIpc) is 2.96. The third kappa shape index (κ3) is 4.93. The maximum atomic E-state index is 13.6. The number of amides is 1. The quantitative estimate of drug-likeness (QED) is 0.308. The molecule has 1 heterocycles. The van der Waals surface area contributed by atoms with Gasteiger partial charge in [0.25, 0.3) is 5.91 Å². The second kappa shape index (κ2) is 8.62. The summed E-state index contributed by atoms with van der Waals surface area (Å²) in [6.45, 7) is 3.78. The van der Waals surface area contributed by atoms with Gasteiger partial charge in [0, 0.05) is 0 Å². The van der Waals surface area contributed by atoms with Gasteiger partial charge in [0.05, 0.1) is 24.5 Å². The molecule has 0 saturated heterocycles. The zero-order valence-electron chi connectivity index (χ0n) is 15.3. The topological polar surface area (TPSA) is 41.9 Å². The zero-order valence-corrected chi connectivity index (χ0v) is 19.6. The molecule has 0 atom stereocenters. The lowest BCUT2D eigenvalue weighted by molar-refractivity contribution is -0.114. The second-order valence-corrected chi connectivity index (χ2v) is 8.76. The van der Waals surface area contributed by atoms with Gasteiger partial charge in [-0.15, -0.1) is 0 Å². The summed E-state index contributed by atoms with van der Waals surface area (Å²) < 4.78 is 47.9. The number of benzene rings is 2. The van der Waals surface area contributed by atoms with Gasteiger partial charge in [-0.1, -0.05) is 18.2 Å². The number of anilines is 1. The summed E-state index contributed by atoms with van der Waals surface area (Å²) in [4.78, 5) is 12.8. The lowest BCUT2D eigenvalue weighted by atomic mass is 10.1. The van der Waals surface area contributed by atoms with E-state index in [1.165, 1.54) is 18.2 Å². The summed E-state index contributed by atoms with van der Waals surface area (Å²) in [5.74, 6) is -0.159. The van der Waals surface area contributed by atoms with E-state index in [1.807, 2.05) is 13.8 Å². The van der Waals surface area contributed by atoms with Crippen molar-refractivity contribution in [2.45, 2.75) is 26.1 Å². The van der Waals surface area contributed by atoms with E-state index in [0.29, 0.717) is 11.3 Å². The van der Waals surface area contributed by atoms with E-state index in [2.05, 4.69) is 50.3 Å². The Balaban J connectivity index is 2.06. The molecule has 1 amide bonds. The van der Waals surface area contributed by atoms with Crippen molar-refractivity contribution in [3.8, 4) is 5.75 Å². The highest BCUT2D eigenvalue weighted by Gasteiger charge is 2.46. The van der Waals surface area contributed by atoms with E-state index in [4.69, 9.17) is 4.74 Å². The predicted molar refractivity (Wildman–Crippen MR) is 123 cm³/mol. The molecule has 29 heavy (non-hydrogen) atoms. The standard InChI is InChI=1S/C20H15F3I2N2O2/c1-11(2)29-17-15(24)9-12(10-16(17)25)8-14-18(20(21,22)23)26-27(19(14)28)13-6-4-3-5-7-13/h3-11H,1-2H3/b14-8-. The molecule has 152 valence electrons. The van der Waals surface area contributed by atoms with Crippen molar-refractivity contribution >= 4 is 68.6 Å². The Morgan fingerprint density at radius 2 is 1.69 bits per heavy atom. The van der Waals surface area contributed by atoms with Crippen molar-refractivity contribution in [1.82, 2.24) is 0 Å². The van der Waals surface area contributed by atoms with Crippen LogP contribution in [0.3, 0.4) is 0 Å². The molecule has 0 spiro atoms. The summed E-state index contributed by atoms with van der Waals surface area (Å²) in [6.07, 6.45) is -3.58. The molecule has 0 unspecified atom stereocenters. The smallest absolute Gasteiger partial charge is 0.435 e. The van der Waals surface area contributed by atoms with E-state index < -0.39 is 23.4 Å². The number of rotatable bonds is 4. The van der Waals surface area contributed by atoms with Gasteiger partial charge >= 0.3 is 6.18 Å². The van der Waals surface area contributed by atoms with Crippen molar-refractivity contribution in [3.05, 3.63) is 60.7 Å². The Hall–Kier alpha value is -1.63. The van der Waals surface area contributed by atoms with Crippen LogP contribution >= 0.6 is 45.2 Å². The molecular formula is C20H15F3I2N2O2. The first-order valence-electron chi connectivity index (χ1n) is 8.51. The number of nitrogens with zero attached hydrogens (tertiary/aromatic N) is 2. The molecule has 0 saturated carbocycles. The van der Waals surface area contributed by atoms with Crippen LogP contribution in [0.2, 0.25) is 0 Å². The number of alkyl halides is 3. The van der Waals surface area contributed by atoms with Crippen LogP contribution in [0, 0.1) is 7.14 Å². The fraction of sp³-hybridized carbons (Fsp3) is 0.200. The molecule has 3 rings (SSSR count). The Labute approximate surface area is 193 Å². The maximum absolute atomic E-state index is 13.6. The third-order valence-electron chi connectivity index (χ3n) is 3.83. The summed E-state index contributed by atoms with van der Waals surface area (Å²) in [5.41, 5.74) is -0.970. The van der Waals surface area contributed by atoms with Crippen LogP contribution in [0.25, 0.3) is 6.08 Å². The molecule has 0 fully saturated rings. The predicted octanol–water partition coefficient (Wildman–Crippen LogP) is 6.03. The number of carbonyl (C=O) groups excluding carboxylic acids is 1. The highest BCUT2D eigenvalue weighted by molar-refractivity contribution is 14.1. The summed E-state index contributed by atoms with van der Waals surface area (Å²) in [7, 11) is 0. The van der Waals surface area contributed by atoms with Crippen LogP contribution in [0.4, 0.5) is 18.9 Å². The highest BCUT2D eigenvalue weighted by atomic mass is 127. The Kier molecular flexibility index (Phi) is 6.56. The number of hydrogen-bond acceptors (Lipinski definition) is 3. The van der Waals surface area contributed by atoms with Crippen molar-refractivity contribution in [2.24, 2.45) is 5.10 Å². The van der Waals surface area contributed by atoms with Crippen LogP contribution in [0.15, 0.2) is 53.1 Å². The Bertz CT molecular complexity index is 980. The molecule has 0 aromatic heterocycles. The highest BCUT2D eigenvalue weighted by Crippen LogP contribution is 2.34. The van der Waals surface area contributed by atoms with Crippen LogP contribution in [-0.4, -0.2) is 23.9 Å². The van der Waals surface area contributed by atoms with Gasteiger partial charge < -0.3 is 4.74 Å². The molecule has 0 aliphatic carbocycles. The van der Waals surface area contributed by atoms with Crippen LogP contribution in [0.5, 0.6) is 5.75 Å². The van der Waals surface area contributed by atoms with Gasteiger partial charge in [0.15, 0.2) is 5.71 Å². The molecule has 9 heteroatoms. The van der Waals surface area contributed by atoms with Gasteiger partial charge in [-0.25, -0.2) is 0 Å².